The first-order valence-corrected chi connectivity index (χ1v) is 4.42. The lowest BCUT2D eigenvalue weighted by Crippen LogP contribution is -2.36. The number of carbonyl (C=O) groups excluding carboxylic acids is 1. The van der Waals surface area contributed by atoms with Crippen molar-refractivity contribution in [3.05, 3.63) is 29.6 Å². The maximum absolute atomic E-state index is 13.1. The summed E-state index contributed by atoms with van der Waals surface area (Å²) in [6, 6.07) is 0.931. The number of aliphatic carboxylic acids is 1. The lowest BCUT2D eigenvalue weighted by Gasteiger charge is -2.08. The molecule has 3 N–H and O–H groups in total. The monoisotopic (exact) mass is 246 g/mol. The average molecular weight is 246 g/mol. The molecule has 1 unspecified atom stereocenters. The molecule has 1 heterocycles. The molecule has 1 amide bonds. The van der Waals surface area contributed by atoms with E-state index in [1.807, 2.05) is 5.32 Å². The predicted molar refractivity (Wildman–Crippen MR) is 50.1 cm³/mol. The summed E-state index contributed by atoms with van der Waals surface area (Å²) in [5.41, 5.74) is -0.616. The standard InChI is InChI=1S/C9H8F2N2O4/c10-6-4(1-2-12-7(6)11)8(15)13-3-5(14)9(16)17/h1-2,5,14H,3H2,(H,13,15)(H,16,17). The van der Waals surface area contributed by atoms with Gasteiger partial charge in [0.05, 0.1) is 12.1 Å². The smallest absolute Gasteiger partial charge is 0.334 e. The Morgan fingerprint density at radius 3 is 2.71 bits per heavy atom. The molecule has 8 heteroatoms. The zero-order valence-corrected chi connectivity index (χ0v) is 8.35. The number of nitrogens with one attached hydrogen (secondary N) is 1. The number of nitrogens with zero attached hydrogens (tertiary/aromatic N) is 1. The van der Waals surface area contributed by atoms with Gasteiger partial charge in [-0.15, -0.1) is 0 Å². The highest BCUT2D eigenvalue weighted by Gasteiger charge is 2.18. The Morgan fingerprint density at radius 1 is 1.47 bits per heavy atom. The van der Waals surface area contributed by atoms with E-state index in [-0.39, 0.29) is 0 Å². The van der Waals surface area contributed by atoms with Gasteiger partial charge in [-0.1, -0.05) is 0 Å². The SMILES string of the molecule is O=C(NCC(O)C(=O)O)c1ccnc(F)c1F. The highest BCUT2D eigenvalue weighted by atomic mass is 19.2. The summed E-state index contributed by atoms with van der Waals surface area (Å²) in [5, 5.41) is 19.1. The van der Waals surface area contributed by atoms with Crippen LogP contribution < -0.4 is 5.32 Å². The fourth-order valence-corrected chi connectivity index (χ4v) is 0.965. The van der Waals surface area contributed by atoms with Gasteiger partial charge in [-0.25, -0.2) is 14.2 Å². The summed E-state index contributed by atoms with van der Waals surface area (Å²) in [6.07, 6.45) is -0.922. The van der Waals surface area contributed by atoms with Crippen molar-refractivity contribution in [1.82, 2.24) is 10.3 Å². The van der Waals surface area contributed by atoms with E-state index in [1.54, 1.807) is 0 Å². The van der Waals surface area contributed by atoms with E-state index in [1.165, 1.54) is 0 Å². The van der Waals surface area contributed by atoms with Gasteiger partial charge in [0.25, 0.3) is 5.91 Å². The number of aliphatic hydroxyl groups is 1. The van der Waals surface area contributed by atoms with Crippen molar-refractivity contribution in [1.29, 1.82) is 0 Å². The van der Waals surface area contributed by atoms with Crippen LogP contribution in [-0.4, -0.2) is 39.7 Å². The number of halogens is 2. The predicted octanol–water partition coefficient (Wildman–Crippen LogP) is -0.465. The third kappa shape index (κ3) is 3.18. The van der Waals surface area contributed by atoms with Gasteiger partial charge in [-0.3, -0.25) is 4.79 Å². The third-order valence-corrected chi connectivity index (χ3v) is 1.83. The van der Waals surface area contributed by atoms with Crippen molar-refractivity contribution in [2.45, 2.75) is 6.10 Å². The van der Waals surface area contributed by atoms with Gasteiger partial charge in [0.1, 0.15) is 0 Å². The highest BCUT2D eigenvalue weighted by Crippen LogP contribution is 2.08. The van der Waals surface area contributed by atoms with Gasteiger partial charge in [0.15, 0.2) is 11.9 Å². The maximum atomic E-state index is 13.1. The molecular weight excluding hydrogens is 238 g/mol. The van der Waals surface area contributed by atoms with E-state index >= 15 is 0 Å². The fraction of sp³-hybridized carbons (Fsp3) is 0.222. The Balaban J connectivity index is 2.71. The van der Waals surface area contributed by atoms with Crippen molar-refractivity contribution in [3.63, 3.8) is 0 Å². The molecule has 17 heavy (non-hydrogen) atoms. The topological polar surface area (TPSA) is 99.5 Å². The van der Waals surface area contributed by atoms with Crippen LogP contribution in [0, 0.1) is 11.8 Å². The Hall–Kier alpha value is -2.09. The number of carboxylic acid groups (broad SMARTS) is 1. The van der Waals surface area contributed by atoms with Crippen LogP contribution >= 0.6 is 0 Å². The molecule has 1 aromatic heterocycles. The first-order valence-electron chi connectivity index (χ1n) is 4.42. The largest absolute Gasteiger partial charge is 0.479 e. The zero-order valence-electron chi connectivity index (χ0n) is 8.35. The minimum Gasteiger partial charge on any atom is -0.479 e. The average Bonchev–Trinajstić information content (AvgIpc) is 2.29. The van der Waals surface area contributed by atoms with Crippen molar-refractivity contribution in [3.8, 4) is 0 Å². The summed E-state index contributed by atoms with van der Waals surface area (Å²) in [5.74, 6) is -5.44. The summed E-state index contributed by atoms with van der Waals surface area (Å²) in [7, 11) is 0. The molecule has 0 bridgehead atoms. The van der Waals surface area contributed by atoms with Crippen molar-refractivity contribution < 1.29 is 28.6 Å². The summed E-state index contributed by atoms with van der Waals surface area (Å²) < 4.78 is 25.7. The van der Waals surface area contributed by atoms with Crippen molar-refractivity contribution in [2.24, 2.45) is 0 Å². The number of carboxylic acids is 1. The van der Waals surface area contributed by atoms with Gasteiger partial charge in [-0.05, 0) is 6.07 Å². The molecular formula is C9H8F2N2O4. The number of hydrogen-bond donors (Lipinski definition) is 3. The van der Waals surface area contributed by atoms with E-state index in [0.29, 0.717) is 0 Å². The molecule has 0 fully saturated rings. The lowest BCUT2D eigenvalue weighted by atomic mass is 10.2. The molecule has 92 valence electrons. The molecule has 1 rings (SSSR count). The minimum absolute atomic E-state index is 0.614. The van der Waals surface area contributed by atoms with Crippen molar-refractivity contribution >= 4 is 11.9 Å². The van der Waals surface area contributed by atoms with Gasteiger partial charge >= 0.3 is 5.97 Å². The van der Waals surface area contributed by atoms with Crippen LogP contribution in [0.5, 0.6) is 0 Å². The molecule has 0 spiro atoms. The van der Waals surface area contributed by atoms with Gasteiger partial charge in [-0.2, -0.15) is 4.39 Å². The van der Waals surface area contributed by atoms with Crippen LogP contribution in [0.1, 0.15) is 10.4 Å². The lowest BCUT2D eigenvalue weighted by molar-refractivity contribution is -0.146. The molecule has 0 aliphatic carbocycles. The normalized spacial score (nSPS) is 11.9. The molecule has 0 aromatic carbocycles. The van der Waals surface area contributed by atoms with E-state index < -0.39 is 41.9 Å². The van der Waals surface area contributed by atoms with Crippen LogP contribution in [0.15, 0.2) is 12.3 Å². The van der Waals surface area contributed by atoms with Crippen LogP contribution in [0.25, 0.3) is 0 Å². The first-order chi connectivity index (χ1) is 7.93. The number of amides is 1. The number of aliphatic hydroxyl groups excluding tert-OH is 1. The third-order valence-electron chi connectivity index (χ3n) is 1.83. The van der Waals surface area contributed by atoms with E-state index in [4.69, 9.17) is 10.2 Å². The molecule has 1 aromatic rings. The van der Waals surface area contributed by atoms with Crippen LogP contribution in [0.3, 0.4) is 0 Å². The molecule has 0 saturated heterocycles. The first kappa shape index (κ1) is 13.0. The fourth-order valence-electron chi connectivity index (χ4n) is 0.965. The molecule has 0 radical (unpaired) electrons. The molecule has 6 nitrogen and oxygen atoms in total. The quantitative estimate of drug-likeness (QED) is 0.624. The molecule has 0 aliphatic heterocycles. The number of carbonyl (C=O) groups is 2. The number of pyridine rings is 1. The van der Waals surface area contributed by atoms with Gasteiger partial charge in [0, 0.05) is 6.20 Å². The number of rotatable bonds is 4. The Kier molecular flexibility index (Phi) is 4.05. The summed E-state index contributed by atoms with van der Waals surface area (Å²) in [4.78, 5) is 24.5. The van der Waals surface area contributed by atoms with Gasteiger partial charge in [0.2, 0.25) is 5.95 Å². The number of hydrogen-bond acceptors (Lipinski definition) is 4. The Morgan fingerprint density at radius 2 is 2.12 bits per heavy atom. The summed E-state index contributed by atoms with van der Waals surface area (Å²) in [6.45, 7) is -0.614. The Bertz CT molecular complexity index is 453. The minimum atomic E-state index is -1.81. The second-order valence-electron chi connectivity index (χ2n) is 3.03. The van der Waals surface area contributed by atoms with Crippen molar-refractivity contribution in [2.75, 3.05) is 6.54 Å². The second-order valence-corrected chi connectivity index (χ2v) is 3.03. The van der Waals surface area contributed by atoms with E-state index in [0.717, 1.165) is 12.3 Å². The maximum Gasteiger partial charge on any atom is 0.334 e. The summed E-state index contributed by atoms with van der Waals surface area (Å²) >= 11 is 0. The van der Waals surface area contributed by atoms with Gasteiger partial charge < -0.3 is 15.5 Å². The second kappa shape index (κ2) is 5.30. The molecule has 1 atom stereocenters. The zero-order chi connectivity index (χ0) is 13.0. The highest BCUT2D eigenvalue weighted by molar-refractivity contribution is 5.94. The van der Waals surface area contributed by atoms with Crippen LogP contribution in [-0.2, 0) is 4.79 Å². The van der Waals surface area contributed by atoms with Crippen LogP contribution in [0.4, 0.5) is 8.78 Å². The van der Waals surface area contributed by atoms with Crippen LogP contribution in [0.2, 0.25) is 0 Å². The molecule has 0 saturated carbocycles. The van der Waals surface area contributed by atoms with E-state index in [2.05, 4.69) is 4.98 Å². The Labute approximate surface area is 93.9 Å². The van der Waals surface area contributed by atoms with E-state index in [9.17, 15) is 18.4 Å². The molecule has 0 aliphatic rings. The number of aromatic nitrogens is 1.